The molecule has 0 radical (unpaired) electrons. The average molecular weight is 392 g/mol. The molecule has 0 spiro atoms. The van der Waals surface area contributed by atoms with E-state index >= 15 is 0 Å². The fourth-order valence-electron chi connectivity index (χ4n) is 2.99. The summed E-state index contributed by atoms with van der Waals surface area (Å²) in [4.78, 5) is 14.4. The minimum Gasteiger partial charge on any atom is -0.497 e. The van der Waals surface area contributed by atoms with Crippen molar-refractivity contribution >= 4 is 30.7 Å². The second kappa shape index (κ2) is 12.4. The molecule has 3 N–H and O–H groups in total. The van der Waals surface area contributed by atoms with Crippen molar-refractivity contribution in [1.82, 2.24) is 10.2 Å². The molecule has 2 atom stereocenters. The van der Waals surface area contributed by atoms with Crippen molar-refractivity contribution in [3.8, 4) is 5.75 Å². The van der Waals surface area contributed by atoms with Crippen molar-refractivity contribution in [3.63, 3.8) is 0 Å². The topological polar surface area (TPSA) is 67.6 Å². The number of carbonyl (C=O) groups is 1. The van der Waals surface area contributed by atoms with E-state index in [0.29, 0.717) is 13.0 Å². The molecule has 0 saturated carbocycles. The van der Waals surface area contributed by atoms with Gasteiger partial charge in [-0.1, -0.05) is 12.1 Å². The van der Waals surface area contributed by atoms with Crippen LogP contribution < -0.4 is 15.8 Å². The number of nitrogens with two attached hydrogens (primary N) is 1. The van der Waals surface area contributed by atoms with Gasteiger partial charge in [-0.05, 0) is 57.0 Å². The Morgan fingerprint density at radius 2 is 1.84 bits per heavy atom. The number of ether oxygens (including phenoxy) is 1. The number of rotatable bonds is 8. The Morgan fingerprint density at radius 1 is 1.24 bits per heavy atom. The zero-order chi connectivity index (χ0) is 16.7. The van der Waals surface area contributed by atoms with Crippen molar-refractivity contribution in [2.45, 2.75) is 44.7 Å². The van der Waals surface area contributed by atoms with Gasteiger partial charge in [-0.3, -0.25) is 9.69 Å². The van der Waals surface area contributed by atoms with E-state index in [1.807, 2.05) is 19.1 Å². The average Bonchev–Trinajstić information content (AvgIpc) is 3.08. The van der Waals surface area contributed by atoms with E-state index < -0.39 is 0 Å². The SMILES string of the molecule is COc1ccc(C(CNC(=O)CCC(C)N)N2CCCC2)cc1.Cl.Cl. The van der Waals surface area contributed by atoms with Crippen LogP contribution in [0.5, 0.6) is 5.75 Å². The zero-order valence-corrected chi connectivity index (χ0v) is 16.7. The fraction of sp³-hybridized carbons (Fsp3) is 0.611. The first-order valence-corrected chi connectivity index (χ1v) is 8.50. The van der Waals surface area contributed by atoms with Crippen LogP contribution in [0.3, 0.4) is 0 Å². The highest BCUT2D eigenvalue weighted by atomic mass is 35.5. The Morgan fingerprint density at radius 3 is 2.36 bits per heavy atom. The number of halogens is 2. The Balaban J connectivity index is 0.00000288. The van der Waals surface area contributed by atoms with Gasteiger partial charge in [0, 0.05) is 19.0 Å². The molecule has 1 aromatic rings. The van der Waals surface area contributed by atoms with Crippen LogP contribution in [0.2, 0.25) is 0 Å². The number of hydrogen-bond donors (Lipinski definition) is 2. The third kappa shape index (κ3) is 7.82. The fourth-order valence-corrected chi connectivity index (χ4v) is 2.99. The molecular formula is C18H31Cl2N3O2. The molecule has 25 heavy (non-hydrogen) atoms. The van der Waals surface area contributed by atoms with Crippen LogP contribution in [0.1, 0.15) is 44.2 Å². The number of hydrogen-bond acceptors (Lipinski definition) is 4. The molecule has 2 unspecified atom stereocenters. The van der Waals surface area contributed by atoms with Crippen molar-refractivity contribution in [3.05, 3.63) is 29.8 Å². The van der Waals surface area contributed by atoms with Crippen molar-refractivity contribution in [2.75, 3.05) is 26.7 Å². The molecule has 0 aliphatic carbocycles. The van der Waals surface area contributed by atoms with Crippen LogP contribution in [0.15, 0.2) is 24.3 Å². The maximum absolute atomic E-state index is 12.0. The molecule has 0 bridgehead atoms. The summed E-state index contributed by atoms with van der Waals surface area (Å²) in [6.45, 7) is 4.75. The molecule has 5 nitrogen and oxygen atoms in total. The van der Waals surface area contributed by atoms with E-state index in [9.17, 15) is 4.79 Å². The monoisotopic (exact) mass is 391 g/mol. The molecule has 1 aromatic carbocycles. The minimum atomic E-state index is 0. The maximum atomic E-state index is 12.0. The number of carbonyl (C=O) groups excluding carboxylic acids is 1. The first kappa shape index (κ1) is 24.0. The highest BCUT2D eigenvalue weighted by molar-refractivity contribution is 5.85. The summed E-state index contributed by atoms with van der Waals surface area (Å²) in [6, 6.07) is 8.44. The molecule has 1 fully saturated rings. The van der Waals surface area contributed by atoms with E-state index in [1.165, 1.54) is 18.4 Å². The number of amides is 1. The molecule has 0 aromatic heterocycles. The van der Waals surface area contributed by atoms with Gasteiger partial charge in [0.15, 0.2) is 0 Å². The summed E-state index contributed by atoms with van der Waals surface area (Å²) < 4.78 is 5.23. The predicted octanol–water partition coefficient (Wildman–Crippen LogP) is 2.92. The molecule has 7 heteroatoms. The van der Waals surface area contributed by atoms with Crippen LogP contribution in [0.25, 0.3) is 0 Å². The standard InChI is InChI=1S/C18H29N3O2.2ClH/c1-14(19)5-10-18(22)20-13-17(21-11-3-4-12-21)15-6-8-16(23-2)9-7-15;;/h6-9,14,17H,3-5,10-13,19H2,1-2H3,(H,20,22);2*1H. The summed E-state index contributed by atoms with van der Waals surface area (Å²) >= 11 is 0. The Kier molecular flexibility index (Phi) is 11.9. The first-order valence-electron chi connectivity index (χ1n) is 8.50. The van der Waals surface area contributed by atoms with Gasteiger partial charge < -0.3 is 15.8 Å². The van der Waals surface area contributed by atoms with Gasteiger partial charge >= 0.3 is 0 Å². The van der Waals surface area contributed by atoms with Gasteiger partial charge in [-0.15, -0.1) is 24.8 Å². The Hall–Kier alpha value is -1.01. The molecule has 1 aliphatic rings. The van der Waals surface area contributed by atoms with Crippen LogP contribution in [0.4, 0.5) is 0 Å². The van der Waals surface area contributed by atoms with Crippen LogP contribution in [0, 0.1) is 0 Å². The number of likely N-dealkylation sites (tertiary alicyclic amines) is 1. The van der Waals surface area contributed by atoms with Crippen molar-refractivity contribution in [2.24, 2.45) is 5.73 Å². The van der Waals surface area contributed by atoms with Gasteiger partial charge in [0.2, 0.25) is 5.91 Å². The lowest BCUT2D eigenvalue weighted by Crippen LogP contribution is -2.37. The Labute approximate surface area is 163 Å². The first-order chi connectivity index (χ1) is 11.1. The summed E-state index contributed by atoms with van der Waals surface area (Å²) in [5.41, 5.74) is 6.94. The minimum absolute atomic E-state index is 0. The van der Waals surface area contributed by atoms with E-state index in [4.69, 9.17) is 10.5 Å². The largest absolute Gasteiger partial charge is 0.497 e. The Bertz CT molecular complexity index is 492. The van der Waals surface area contributed by atoms with E-state index in [-0.39, 0.29) is 42.8 Å². The zero-order valence-electron chi connectivity index (χ0n) is 15.1. The second-order valence-corrected chi connectivity index (χ2v) is 6.35. The molecule has 1 heterocycles. The van der Waals surface area contributed by atoms with E-state index in [0.717, 1.165) is 25.3 Å². The second-order valence-electron chi connectivity index (χ2n) is 6.35. The third-order valence-electron chi connectivity index (χ3n) is 4.40. The molecule has 144 valence electrons. The number of nitrogens with one attached hydrogen (secondary N) is 1. The molecule has 2 rings (SSSR count). The molecule has 1 amide bonds. The summed E-state index contributed by atoms with van der Waals surface area (Å²) in [5.74, 6) is 0.940. The van der Waals surface area contributed by atoms with Crippen LogP contribution in [-0.2, 0) is 4.79 Å². The molecule has 1 aliphatic heterocycles. The maximum Gasteiger partial charge on any atom is 0.220 e. The smallest absolute Gasteiger partial charge is 0.220 e. The normalized spacial score (nSPS) is 16.3. The van der Waals surface area contributed by atoms with E-state index in [2.05, 4.69) is 22.3 Å². The lowest BCUT2D eigenvalue weighted by molar-refractivity contribution is -0.121. The quantitative estimate of drug-likeness (QED) is 0.714. The summed E-state index contributed by atoms with van der Waals surface area (Å²) in [7, 11) is 1.67. The number of methoxy groups -OCH3 is 1. The van der Waals surface area contributed by atoms with Gasteiger partial charge in [0.25, 0.3) is 0 Å². The van der Waals surface area contributed by atoms with Crippen molar-refractivity contribution < 1.29 is 9.53 Å². The lowest BCUT2D eigenvalue weighted by atomic mass is 10.0. The summed E-state index contributed by atoms with van der Waals surface area (Å²) in [6.07, 6.45) is 3.67. The van der Waals surface area contributed by atoms with E-state index in [1.54, 1.807) is 7.11 Å². The molecular weight excluding hydrogens is 361 g/mol. The predicted molar refractivity (Wildman–Crippen MR) is 107 cm³/mol. The van der Waals surface area contributed by atoms with Gasteiger partial charge in [-0.2, -0.15) is 0 Å². The van der Waals surface area contributed by atoms with Crippen LogP contribution in [-0.4, -0.2) is 43.6 Å². The third-order valence-corrected chi connectivity index (χ3v) is 4.40. The number of benzene rings is 1. The highest BCUT2D eigenvalue weighted by Gasteiger charge is 2.24. The van der Waals surface area contributed by atoms with Crippen molar-refractivity contribution in [1.29, 1.82) is 0 Å². The lowest BCUT2D eigenvalue weighted by Gasteiger charge is -2.28. The van der Waals surface area contributed by atoms with Gasteiger partial charge in [-0.25, -0.2) is 0 Å². The summed E-state index contributed by atoms with van der Waals surface area (Å²) in [5, 5.41) is 3.07. The highest BCUT2D eigenvalue weighted by Crippen LogP contribution is 2.26. The van der Waals surface area contributed by atoms with Gasteiger partial charge in [0.05, 0.1) is 13.2 Å². The van der Waals surface area contributed by atoms with Gasteiger partial charge in [0.1, 0.15) is 5.75 Å². The number of nitrogens with zero attached hydrogens (tertiary/aromatic N) is 1. The van der Waals surface area contributed by atoms with Crippen LogP contribution >= 0.6 is 24.8 Å². The molecule has 1 saturated heterocycles.